The van der Waals surface area contributed by atoms with E-state index < -0.39 is 5.25 Å². The molecular weight excluding hydrogens is 367 g/mol. The Morgan fingerprint density at radius 1 is 1.22 bits per heavy atom. The highest BCUT2D eigenvalue weighted by Crippen LogP contribution is 2.34. The van der Waals surface area contributed by atoms with Crippen molar-refractivity contribution < 1.29 is 9.18 Å². The molecule has 1 amide bonds. The smallest absolute Gasteiger partial charge is 0.325 e. The first-order valence-electron chi connectivity index (χ1n) is 8.51. The van der Waals surface area contributed by atoms with Crippen LogP contribution in [0, 0.1) is 5.82 Å². The SMILES string of the molecule is CCCn1c(SC(C(=O)Nc2ccc(F)cc2)c2ccccc2)n[nH]c1=O. The lowest BCUT2D eigenvalue weighted by Gasteiger charge is -2.17. The molecule has 2 N–H and O–H groups in total. The molecule has 27 heavy (non-hydrogen) atoms. The third kappa shape index (κ3) is 4.65. The summed E-state index contributed by atoms with van der Waals surface area (Å²) < 4.78 is 14.6. The average Bonchev–Trinajstić information content (AvgIpc) is 3.02. The molecule has 0 aliphatic rings. The van der Waals surface area contributed by atoms with E-state index in [0.29, 0.717) is 17.4 Å². The molecule has 140 valence electrons. The molecule has 6 nitrogen and oxygen atoms in total. The molecule has 0 bridgehead atoms. The Balaban J connectivity index is 1.88. The highest BCUT2D eigenvalue weighted by Gasteiger charge is 2.25. The van der Waals surface area contributed by atoms with Gasteiger partial charge in [-0.1, -0.05) is 49.0 Å². The first-order valence-corrected chi connectivity index (χ1v) is 9.39. The number of amides is 1. The minimum absolute atomic E-state index is 0.281. The molecule has 8 heteroatoms. The number of halogens is 1. The summed E-state index contributed by atoms with van der Waals surface area (Å²) in [5, 5.41) is 9.12. The van der Waals surface area contributed by atoms with Gasteiger partial charge in [0.2, 0.25) is 5.91 Å². The molecule has 0 saturated carbocycles. The molecule has 0 aliphatic heterocycles. The van der Waals surface area contributed by atoms with E-state index in [1.165, 1.54) is 40.6 Å². The Bertz CT molecular complexity index is 954. The lowest BCUT2D eigenvalue weighted by Crippen LogP contribution is -2.21. The number of benzene rings is 2. The molecule has 1 atom stereocenters. The number of rotatable bonds is 7. The summed E-state index contributed by atoms with van der Waals surface area (Å²) in [6.07, 6.45) is 0.769. The maximum Gasteiger partial charge on any atom is 0.343 e. The van der Waals surface area contributed by atoms with Gasteiger partial charge in [-0.3, -0.25) is 9.36 Å². The second kappa shape index (κ2) is 8.68. The van der Waals surface area contributed by atoms with Crippen molar-refractivity contribution >= 4 is 23.4 Å². The van der Waals surface area contributed by atoms with Gasteiger partial charge in [-0.15, -0.1) is 5.10 Å². The van der Waals surface area contributed by atoms with E-state index in [2.05, 4.69) is 15.5 Å². The van der Waals surface area contributed by atoms with Crippen molar-refractivity contribution in [1.29, 1.82) is 0 Å². The number of carbonyl (C=O) groups excluding carboxylic acids is 1. The fourth-order valence-electron chi connectivity index (χ4n) is 2.56. The first-order chi connectivity index (χ1) is 13.1. The van der Waals surface area contributed by atoms with E-state index in [-0.39, 0.29) is 17.4 Å². The summed E-state index contributed by atoms with van der Waals surface area (Å²) >= 11 is 1.19. The summed E-state index contributed by atoms with van der Waals surface area (Å²) in [4.78, 5) is 24.9. The summed E-state index contributed by atoms with van der Waals surface area (Å²) in [6, 6.07) is 14.8. The van der Waals surface area contributed by atoms with Gasteiger partial charge in [0.1, 0.15) is 11.1 Å². The predicted octanol–water partition coefficient (Wildman–Crippen LogP) is 3.59. The number of H-pyrrole nitrogens is 1. The number of aromatic nitrogens is 3. The van der Waals surface area contributed by atoms with Gasteiger partial charge in [-0.25, -0.2) is 14.3 Å². The number of aromatic amines is 1. The normalized spacial score (nSPS) is 11.9. The van der Waals surface area contributed by atoms with Crippen molar-refractivity contribution in [2.45, 2.75) is 30.3 Å². The topological polar surface area (TPSA) is 79.8 Å². The van der Waals surface area contributed by atoms with Gasteiger partial charge in [0, 0.05) is 12.2 Å². The van der Waals surface area contributed by atoms with Gasteiger partial charge in [-0.05, 0) is 36.2 Å². The fraction of sp³-hybridized carbons (Fsp3) is 0.211. The minimum Gasteiger partial charge on any atom is -0.325 e. The summed E-state index contributed by atoms with van der Waals surface area (Å²) in [5.74, 6) is -0.654. The molecular formula is C19H19FN4O2S. The van der Waals surface area contributed by atoms with Crippen LogP contribution in [0.5, 0.6) is 0 Å². The third-order valence-electron chi connectivity index (χ3n) is 3.85. The van der Waals surface area contributed by atoms with Crippen molar-refractivity contribution in [3.8, 4) is 0 Å². The molecule has 0 saturated heterocycles. The zero-order chi connectivity index (χ0) is 19.2. The van der Waals surface area contributed by atoms with Crippen molar-refractivity contribution in [2.24, 2.45) is 0 Å². The lowest BCUT2D eigenvalue weighted by molar-refractivity contribution is -0.115. The van der Waals surface area contributed by atoms with Crippen LogP contribution in [0.1, 0.15) is 24.2 Å². The summed E-state index contributed by atoms with van der Waals surface area (Å²) in [7, 11) is 0. The maximum atomic E-state index is 13.1. The van der Waals surface area contributed by atoms with Crippen molar-refractivity contribution in [1.82, 2.24) is 14.8 Å². The molecule has 0 radical (unpaired) electrons. The van der Waals surface area contributed by atoms with Crippen molar-refractivity contribution in [2.75, 3.05) is 5.32 Å². The molecule has 0 spiro atoms. The van der Waals surface area contributed by atoms with Crippen LogP contribution in [-0.4, -0.2) is 20.7 Å². The fourth-order valence-corrected chi connectivity index (χ4v) is 3.63. The molecule has 0 fully saturated rings. The summed E-state index contributed by atoms with van der Waals surface area (Å²) in [5.41, 5.74) is 0.974. The van der Waals surface area contributed by atoms with Gasteiger partial charge in [0.25, 0.3) is 0 Å². The van der Waals surface area contributed by atoms with Crippen LogP contribution in [0.3, 0.4) is 0 Å². The molecule has 1 aromatic heterocycles. The van der Waals surface area contributed by atoms with Crippen LogP contribution in [0.25, 0.3) is 0 Å². The molecule has 3 rings (SSSR count). The molecule has 3 aromatic rings. The monoisotopic (exact) mass is 386 g/mol. The van der Waals surface area contributed by atoms with Gasteiger partial charge in [0.05, 0.1) is 0 Å². The van der Waals surface area contributed by atoms with E-state index in [4.69, 9.17) is 0 Å². The van der Waals surface area contributed by atoms with E-state index in [0.717, 1.165) is 12.0 Å². The number of anilines is 1. The van der Waals surface area contributed by atoms with Crippen molar-refractivity contribution in [3.63, 3.8) is 0 Å². The van der Waals surface area contributed by atoms with Gasteiger partial charge in [-0.2, -0.15) is 0 Å². The zero-order valence-corrected chi connectivity index (χ0v) is 15.5. The van der Waals surface area contributed by atoms with Crippen LogP contribution in [0.15, 0.2) is 64.5 Å². The minimum atomic E-state index is -0.623. The van der Waals surface area contributed by atoms with E-state index in [1.54, 1.807) is 0 Å². The number of thioether (sulfide) groups is 1. The number of hydrogen-bond acceptors (Lipinski definition) is 4. The van der Waals surface area contributed by atoms with E-state index in [9.17, 15) is 14.0 Å². The van der Waals surface area contributed by atoms with Gasteiger partial charge in [0.15, 0.2) is 5.16 Å². The van der Waals surface area contributed by atoms with Gasteiger partial charge >= 0.3 is 5.69 Å². The Morgan fingerprint density at radius 2 is 1.93 bits per heavy atom. The van der Waals surface area contributed by atoms with Crippen LogP contribution >= 0.6 is 11.8 Å². The molecule has 0 aliphatic carbocycles. The predicted molar refractivity (Wildman–Crippen MR) is 103 cm³/mol. The van der Waals surface area contributed by atoms with Crippen LogP contribution in [0.4, 0.5) is 10.1 Å². The molecule has 1 unspecified atom stereocenters. The van der Waals surface area contributed by atoms with E-state index in [1.807, 2.05) is 37.3 Å². The number of carbonyl (C=O) groups is 1. The van der Waals surface area contributed by atoms with Gasteiger partial charge < -0.3 is 5.32 Å². The largest absolute Gasteiger partial charge is 0.343 e. The van der Waals surface area contributed by atoms with Crippen molar-refractivity contribution in [3.05, 3.63) is 76.5 Å². The highest BCUT2D eigenvalue weighted by molar-refractivity contribution is 8.00. The van der Waals surface area contributed by atoms with Crippen LogP contribution in [0.2, 0.25) is 0 Å². The second-order valence-corrected chi connectivity index (χ2v) is 6.94. The standard InChI is InChI=1S/C19H19FN4O2S/c1-2-12-24-18(26)22-23-19(24)27-16(13-6-4-3-5-7-13)17(25)21-15-10-8-14(20)9-11-15/h3-11,16H,2,12H2,1H3,(H,21,25)(H,22,26). The average molecular weight is 386 g/mol. The Hall–Kier alpha value is -2.87. The Morgan fingerprint density at radius 3 is 2.59 bits per heavy atom. The summed E-state index contributed by atoms with van der Waals surface area (Å²) in [6.45, 7) is 2.47. The number of nitrogens with one attached hydrogen (secondary N) is 2. The number of nitrogens with zero attached hydrogens (tertiary/aromatic N) is 2. The van der Waals surface area contributed by atoms with Crippen LogP contribution < -0.4 is 11.0 Å². The number of hydrogen-bond donors (Lipinski definition) is 2. The second-order valence-electron chi connectivity index (χ2n) is 5.87. The molecule has 2 aromatic carbocycles. The Kier molecular flexibility index (Phi) is 6.08. The van der Waals surface area contributed by atoms with Crippen LogP contribution in [-0.2, 0) is 11.3 Å². The highest BCUT2D eigenvalue weighted by atomic mass is 32.2. The Labute approximate surface area is 159 Å². The third-order valence-corrected chi connectivity index (χ3v) is 5.09. The molecule has 1 heterocycles. The lowest BCUT2D eigenvalue weighted by atomic mass is 10.1. The maximum absolute atomic E-state index is 13.1. The van der Waals surface area contributed by atoms with E-state index >= 15 is 0 Å². The quantitative estimate of drug-likeness (QED) is 0.608. The zero-order valence-electron chi connectivity index (χ0n) is 14.7. The first kappa shape index (κ1) is 18.9.